The van der Waals surface area contributed by atoms with Crippen LogP contribution in [0.15, 0.2) is 36.4 Å². The van der Waals surface area contributed by atoms with Gasteiger partial charge < -0.3 is 15.2 Å². The summed E-state index contributed by atoms with van der Waals surface area (Å²) < 4.78 is 5.25. The van der Waals surface area contributed by atoms with Gasteiger partial charge in [-0.25, -0.2) is 0 Å². The Morgan fingerprint density at radius 2 is 1.83 bits per heavy atom. The number of Topliss-reactive ketones (excluding diaryl/α,β-unsaturated/α-hetero) is 1. The van der Waals surface area contributed by atoms with Crippen molar-refractivity contribution in [3.63, 3.8) is 0 Å². The van der Waals surface area contributed by atoms with Gasteiger partial charge in [0.15, 0.2) is 0 Å². The Hall–Kier alpha value is -2.14. The molecule has 2 N–H and O–H groups in total. The van der Waals surface area contributed by atoms with E-state index in [1.807, 2.05) is 18.2 Å². The van der Waals surface area contributed by atoms with Gasteiger partial charge in [0.05, 0.1) is 19.3 Å². The van der Waals surface area contributed by atoms with Gasteiger partial charge in [0.1, 0.15) is 11.5 Å². The molecule has 0 saturated heterocycles. The number of hydrogen-bond donors (Lipinski definition) is 2. The molecule has 0 aliphatic heterocycles. The zero-order valence-electron chi connectivity index (χ0n) is 22.4. The molecule has 200 valence electrons. The minimum Gasteiger partial charge on any atom is -0.497 e. The SMILES string of the molecule is CCCCC[C@H](O)/C=C/[C@H]1CCC(=O)[C@@H]1CCCCCCC(=O)NC(c1ccc(OC)cc1)C1CC1. The van der Waals surface area contributed by atoms with E-state index in [2.05, 4.69) is 30.4 Å². The summed E-state index contributed by atoms with van der Waals surface area (Å²) >= 11 is 0. The van der Waals surface area contributed by atoms with Crippen molar-refractivity contribution >= 4 is 11.7 Å². The Balaban J connectivity index is 1.32. The topological polar surface area (TPSA) is 75.6 Å². The number of ketones is 1. The Kier molecular flexibility index (Phi) is 12.0. The number of hydrogen-bond acceptors (Lipinski definition) is 4. The molecule has 36 heavy (non-hydrogen) atoms. The van der Waals surface area contributed by atoms with Crippen LogP contribution in [0.2, 0.25) is 0 Å². The van der Waals surface area contributed by atoms with Gasteiger partial charge in [0.25, 0.3) is 0 Å². The molecule has 0 radical (unpaired) electrons. The third-order valence-electron chi connectivity index (χ3n) is 7.89. The van der Waals surface area contributed by atoms with E-state index in [0.29, 0.717) is 24.5 Å². The van der Waals surface area contributed by atoms with Gasteiger partial charge >= 0.3 is 0 Å². The first kappa shape index (κ1) is 28.4. The summed E-state index contributed by atoms with van der Waals surface area (Å²) in [6.45, 7) is 2.17. The average Bonchev–Trinajstić information content (AvgIpc) is 3.67. The highest BCUT2D eigenvalue weighted by Crippen LogP contribution is 2.41. The summed E-state index contributed by atoms with van der Waals surface area (Å²) in [7, 11) is 1.66. The van der Waals surface area contributed by atoms with Crippen molar-refractivity contribution in [2.24, 2.45) is 17.8 Å². The van der Waals surface area contributed by atoms with E-state index < -0.39 is 0 Å². The van der Waals surface area contributed by atoms with Crippen molar-refractivity contribution in [1.29, 1.82) is 0 Å². The van der Waals surface area contributed by atoms with Crippen LogP contribution in [-0.4, -0.2) is 30.0 Å². The predicted molar refractivity (Wildman–Crippen MR) is 145 cm³/mol. The summed E-state index contributed by atoms with van der Waals surface area (Å²) in [6, 6.07) is 8.14. The summed E-state index contributed by atoms with van der Waals surface area (Å²) in [5, 5.41) is 13.4. The normalized spacial score (nSPS) is 21.6. The first-order valence-electron chi connectivity index (χ1n) is 14.3. The molecule has 0 aromatic heterocycles. The number of aliphatic hydroxyl groups is 1. The summed E-state index contributed by atoms with van der Waals surface area (Å²) in [5.41, 5.74) is 1.16. The van der Waals surface area contributed by atoms with E-state index in [0.717, 1.165) is 75.5 Å². The number of rotatable bonds is 17. The van der Waals surface area contributed by atoms with E-state index in [1.165, 1.54) is 12.8 Å². The number of allylic oxidation sites excluding steroid dienone is 1. The van der Waals surface area contributed by atoms with Gasteiger partial charge in [-0.1, -0.05) is 69.7 Å². The maximum atomic E-state index is 12.6. The second kappa shape index (κ2) is 15.2. The highest BCUT2D eigenvalue weighted by molar-refractivity contribution is 5.83. The van der Waals surface area contributed by atoms with E-state index >= 15 is 0 Å². The number of methoxy groups -OCH3 is 1. The second-order valence-corrected chi connectivity index (χ2v) is 10.8. The number of amides is 1. The third-order valence-corrected chi connectivity index (χ3v) is 7.89. The predicted octanol–water partition coefficient (Wildman–Crippen LogP) is 6.70. The lowest BCUT2D eigenvalue weighted by Crippen LogP contribution is -2.29. The van der Waals surface area contributed by atoms with Crippen molar-refractivity contribution in [3.05, 3.63) is 42.0 Å². The molecule has 2 aliphatic rings. The maximum absolute atomic E-state index is 12.6. The van der Waals surface area contributed by atoms with Crippen LogP contribution in [0.1, 0.15) is 108 Å². The van der Waals surface area contributed by atoms with Crippen LogP contribution in [0.4, 0.5) is 0 Å². The van der Waals surface area contributed by atoms with Gasteiger partial charge in [-0.15, -0.1) is 0 Å². The minimum absolute atomic E-state index is 0.104. The lowest BCUT2D eigenvalue weighted by molar-refractivity contribution is -0.122. The fraction of sp³-hybridized carbons (Fsp3) is 0.677. The van der Waals surface area contributed by atoms with Crippen LogP contribution < -0.4 is 10.1 Å². The Labute approximate surface area is 218 Å². The number of aliphatic hydroxyl groups excluding tert-OH is 1. The Morgan fingerprint density at radius 3 is 2.53 bits per heavy atom. The van der Waals surface area contributed by atoms with Crippen LogP contribution in [0.25, 0.3) is 0 Å². The number of carbonyl (C=O) groups excluding carboxylic acids is 2. The van der Waals surface area contributed by atoms with E-state index in [1.54, 1.807) is 7.11 Å². The number of ether oxygens (including phenoxy) is 1. The molecule has 1 amide bonds. The standard InChI is InChI=1S/C31H47NO4/c1-3-4-7-10-26(33)19-15-23-18-22-29(34)28(23)11-8-5-6-9-12-30(35)32-31(24-13-14-24)25-16-20-27(36-2)21-17-25/h15-17,19-21,23-24,26,28,31,33H,3-14,18,22H2,1-2H3,(H,32,35)/b19-15+/t23-,26-,28+,31?/m0/s1. The minimum atomic E-state index is -0.386. The van der Waals surface area contributed by atoms with Crippen LogP contribution >= 0.6 is 0 Å². The molecule has 5 heteroatoms. The van der Waals surface area contributed by atoms with Gasteiger partial charge in [-0.05, 0) is 68.1 Å². The largest absolute Gasteiger partial charge is 0.497 e. The quantitative estimate of drug-likeness (QED) is 0.186. The summed E-state index contributed by atoms with van der Waals surface area (Å²) in [5.74, 6) is 2.29. The van der Waals surface area contributed by atoms with Crippen LogP contribution in [0, 0.1) is 17.8 Å². The van der Waals surface area contributed by atoms with Crippen molar-refractivity contribution in [3.8, 4) is 5.75 Å². The number of nitrogens with one attached hydrogen (secondary N) is 1. The highest BCUT2D eigenvalue weighted by atomic mass is 16.5. The first-order valence-corrected chi connectivity index (χ1v) is 14.3. The van der Waals surface area contributed by atoms with E-state index in [-0.39, 0.29) is 29.9 Å². The van der Waals surface area contributed by atoms with Crippen molar-refractivity contribution in [2.75, 3.05) is 7.11 Å². The monoisotopic (exact) mass is 497 g/mol. The second-order valence-electron chi connectivity index (χ2n) is 10.8. The Bertz CT molecular complexity index is 829. The molecular weight excluding hydrogens is 450 g/mol. The molecule has 5 nitrogen and oxygen atoms in total. The fourth-order valence-electron chi connectivity index (χ4n) is 5.47. The van der Waals surface area contributed by atoms with E-state index in [4.69, 9.17) is 4.74 Å². The van der Waals surface area contributed by atoms with Gasteiger partial charge in [-0.2, -0.15) is 0 Å². The molecule has 2 saturated carbocycles. The molecule has 0 bridgehead atoms. The molecular formula is C31H47NO4. The van der Waals surface area contributed by atoms with Gasteiger partial charge in [0, 0.05) is 18.8 Å². The summed E-state index contributed by atoms with van der Waals surface area (Å²) in [4.78, 5) is 25.0. The van der Waals surface area contributed by atoms with Gasteiger partial charge in [0.2, 0.25) is 5.91 Å². The van der Waals surface area contributed by atoms with Crippen LogP contribution in [0.3, 0.4) is 0 Å². The summed E-state index contributed by atoms with van der Waals surface area (Å²) in [6.07, 6.45) is 17.2. The van der Waals surface area contributed by atoms with Gasteiger partial charge in [-0.3, -0.25) is 9.59 Å². The zero-order chi connectivity index (χ0) is 25.8. The van der Waals surface area contributed by atoms with Crippen LogP contribution in [-0.2, 0) is 9.59 Å². The average molecular weight is 498 g/mol. The fourth-order valence-corrected chi connectivity index (χ4v) is 5.47. The lowest BCUT2D eigenvalue weighted by Gasteiger charge is -2.19. The van der Waals surface area contributed by atoms with Crippen LogP contribution in [0.5, 0.6) is 5.75 Å². The zero-order valence-corrected chi connectivity index (χ0v) is 22.4. The smallest absolute Gasteiger partial charge is 0.220 e. The maximum Gasteiger partial charge on any atom is 0.220 e. The van der Waals surface area contributed by atoms with Crippen molar-refractivity contribution in [2.45, 2.75) is 109 Å². The number of unbranched alkanes of at least 4 members (excludes halogenated alkanes) is 5. The highest BCUT2D eigenvalue weighted by Gasteiger charge is 2.34. The molecule has 1 aromatic carbocycles. The molecule has 2 aliphatic carbocycles. The number of carbonyl (C=O) groups is 2. The molecule has 0 spiro atoms. The van der Waals surface area contributed by atoms with E-state index in [9.17, 15) is 14.7 Å². The lowest BCUT2D eigenvalue weighted by atomic mass is 9.89. The molecule has 3 rings (SSSR count). The molecule has 2 fully saturated rings. The van der Waals surface area contributed by atoms with Crippen molar-refractivity contribution in [1.82, 2.24) is 5.32 Å². The third kappa shape index (κ3) is 9.38. The first-order chi connectivity index (χ1) is 17.5. The molecule has 1 aromatic rings. The number of benzene rings is 1. The molecule has 1 unspecified atom stereocenters. The van der Waals surface area contributed by atoms with Crippen molar-refractivity contribution < 1.29 is 19.4 Å². The molecule has 4 atom stereocenters. The Morgan fingerprint density at radius 1 is 1.08 bits per heavy atom. The molecule has 0 heterocycles.